The van der Waals surface area contributed by atoms with E-state index in [1.807, 2.05) is 30.3 Å². The summed E-state index contributed by atoms with van der Waals surface area (Å²) < 4.78 is 27.5. The molecule has 3 aromatic carbocycles. The molecule has 0 fully saturated rings. The van der Waals surface area contributed by atoms with Gasteiger partial charge in [0, 0.05) is 31.3 Å². The molecule has 168 valence electrons. The summed E-state index contributed by atoms with van der Waals surface area (Å²) >= 11 is 1.11. The minimum Gasteiger partial charge on any atom is -0.298 e. The van der Waals surface area contributed by atoms with Gasteiger partial charge in [-0.15, -0.1) is 0 Å². The topological polar surface area (TPSA) is 123 Å². The summed E-state index contributed by atoms with van der Waals surface area (Å²) in [7, 11) is -2.23. The van der Waals surface area contributed by atoms with Crippen LogP contribution in [0.4, 0.5) is 10.8 Å². The van der Waals surface area contributed by atoms with Crippen molar-refractivity contribution in [1.82, 2.24) is 9.29 Å². The number of fused-ring (bicyclic) bond motifs is 1. The summed E-state index contributed by atoms with van der Waals surface area (Å²) in [6, 6.07) is 19.1. The average molecular weight is 483 g/mol. The zero-order chi connectivity index (χ0) is 23.6. The van der Waals surface area contributed by atoms with Gasteiger partial charge in [-0.05, 0) is 35.9 Å². The van der Waals surface area contributed by atoms with Crippen LogP contribution in [-0.4, -0.2) is 35.6 Å². The van der Waals surface area contributed by atoms with Crippen molar-refractivity contribution in [3.63, 3.8) is 0 Å². The highest BCUT2D eigenvalue weighted by atomic mass is 32.2. The summed E-state index contributed by atoms with van der Waals surface area (Å²) in [6.45, 7) is 0.223. The minimum atomic E-state index is -3.73. The Morgan fingerprint density at radius 1 is 1.09 bits per heavy atom. The number of nitro groups is 1. The predicted molar refractivity (Wildman–Crippen MR) is 126 cm³/mol. The monoisotopic (exact) mass is 482 g/mol. The third kappa shape index (κ3) is 4.90. The SMILES string of the molecule is CN(Cc1ccccc1)S(=O)(=O)c1ccc(C(=O)Nc2nc3ccc([N+](=O)[O-])cc3s2)cc1. The van der Waals surface area contributed by atoms with Crippen LogP contribution in [0.25, 0.3) is 10.2 Å². The first-order valence-corrected chi connectivity index (χ1v) is 12.0. The molecule has 0 radical (unpaired) electrons. The lowest BCUT2D eigenvalue weighted by molar-refractivity contribution is -0.384. The number of hydrogen-bond donors (Lipinski definition) is 1. The van der Waals surface area contributed by atoms with Gasteiger partial charge in [-0.3, -0.25) is 20.2 Å². The van der Waals surface area contributed by atoms with E-state index >= 15 is 0 Å². The molecule has 0 aliphatic heterocycles. The third-order valence-electron chi connectivity index (χ3n) is 4.88. The van der Waals surface area contributed by atoms with Crippen molar-refractivity contribution in [2.75, 3.05) is 12.4 Å². The minimum absolute atomic E-state index is 0.0574. The van der Waals surface area contributed by atoms with Crippen LogP contribution in [0.5, 0.6) is 0 Å². The van der Waals surface area contributed by atoms with Crippen LogP contribution in [0.15, 0.2) is 77.7 Å². The summed E-state index contributed by atoms with van der Waals surface area (Å²) in [5.74, 6) is -0.467. The quantitative estimate of drug-likeness (QED) is 0.310. The van der Waals surface area contributed by atoms with Gasteiger partial charge in [-0.1, -0.05) is 41.7 Å². The standard InChI is InChI=1S/C22H18N4O5S2/c1-25(14-15-5-3-2-4-6-15)33(30,31)18-10-7-16(8-11-18)21(27)24-22-23-19-12-9-17(26(28)29)13-20(19)32-22/h2-13H,14H2,1H3,(H,23,24,27). The number of non-ortho nitro benzene ring substituents is 1. The van der Waals surface area contributed by atoms with E-state index in [9.17, 15) is 23.3 Å². The molecule has 0 bridgehead atoms. The second-order valence-corrected chi connectivity index (χ2v) is 10.2. The lowest BCUT2D eigenvalue weighted by Gasteiger charge is -2.17. The highest BCUT2D eigenvalue weighted by Crippen LogP contribution is 2.29. The molecule has 9 nitrogen and oxygen atoms in total. The van der Waals surface area contributed by atoms with Gasteiger partial charge >= 0.3 is 0 Å². The normalized spacial score (nSPS) is 11.6. The van der Waals surface area contributed by atoms with Crippen LogP contribution in [-0.2, 0) is 16.6 Å². The largest absolute Gasteiger partial charge is 0.298 e. The Kier molecular flexibility index (Phi) is 6.18. The Morgan fingerprint density at radius 2 is 1.79 bits per heavy atom. The second-order valence-electron chi connectivity index (χ2n) is 7.15. The van der Waals surface area contributed by atoms with Crippen LogP contribution in [0.1, 0.15) is 15.9 Å². The number of benzene rings is 3. The van der Waals surface area contributed by atoms with E-state index in [0.29, 0.717) is 10.2 Å². The fourth-order valence-corrected chi connectivity index (χ4v) is 5.19. The number of nitrogens with zero attached hydrogens (tertiary/aromatic N) is 3. The van der Waals surface area contributed by atoms with Crippen molar-refractivity contribution >= 4 is 48.3 Å². The van der Waals surface area contributed by atoms with Crippen LogP contribution >= 0.6 is 11.3 Å². The number of rotatable bonds is 7. The third-order valence-corrected chi connectivity index (χ3v) is 7.63. The van der Waals surface area contributed by atoms with Crippen molar-refractivity contribution in [1.29, 1.82) is 0 Å². The fourth-order valence-electron chi connectivity index (χ4n) is 3.13. The Balaban J connectivity index is 1.47. The molecular weight excluding hydrogens is 464 g/mol. The maximum Gasteiger partial charge on any atom is 0.270 e. The first-order chi connectivity index (χ1) is 15.7. The van der Waals surface area contributed by atoms with E-state index < -0.39 is 20.9 Å². The number of carbonyl (C=O) groups is 1. The van der Waals surface area contributed by atoms with E-state index in [1.54, 1.807) is 0 Å². The van der Waals surface area contributed by atoms with Gasteiger partial charge in [0.2, 0.25) is 10.0 Å². The van der Waals surface area contributed by atoms with Crippen molar-refractivity contribution in [2.24, 2.45) is 0 Å². The van der Waals surface area contributed by atoms with Gasteiger partial charge in [-0.2, -0.15) is 4.31 Å². The molecule has 4 rings (SSSR count). The van der Waals surface area contributed by atoms with Crippen LogP contribution in [0.3, 0.4) is 0 Å². The molecule has 33 heavy (non-hydrogen) atoms. The summed E-state index contributed by atoms with van der Waals surface area (Å²) in [6.07, 6.45) is 0. The van der Waals surface area contributed by atoms with Crippen molar-refractivity contribution in [3.8, 4) is 0 Å². The number of nitro benzene ring substituents is 1. The second kappa shape index (κ2) is 9.06. The molecule has 1 N–H and O–H groups in total. The zero-order valence-corrected chi connectivity index (χ0v) is 19.0. The Hall–Kier alpha value is -3.67. The summed E-state index contributed by atoms with van der Waals surface area (Å²) in [4.78, 5) is 27.3. The van der Waals surface area contributed by atoms with Crippen LogP contribution in [0, 0.1) is 10.1 Å². The van der Waals surface area contributed by atoms with E-state index in [0.717, 1.165) is 16.9 Å². The molecule has 0 spiro atoms. The van der Waals surface area contributed by atoms with Crippen molar-refractivity contribution in [3.05, 3.63) is 94.0 Å². The molecule has 1 amide bonds. The first kappa shape index (κ1) is 22.5. The number of nitrogens with one attached hydrogen (secondary N) is 1. The van der Waals surface area contributed by atoms with Gasteiger partial charge in [-0.25, -0.2) is 13.4 Å². The zero-order valence-electron chi connectivity index (χ0n) is 17.3. The molecule has 1 aromatic heterocycles. The highest BCUT2D eigenvalue weighted by molar-refractivity contribution is 7.89. The number of carbonyl (C=O) groups excluding carboxylic acids is 1. The van der Waals surface area contributed by atoms with Gasteiger partial charge in [0.15, 0.2) is 5.13 Å². The Bertz CT molecular complexity index is 1430. The highest BCUT2D eigenvalue weighted by Gasteiger charge is 2.21. The fraction of sp³-hybridized carbons (Fsp3) is 0.0909. The number of hydrogen-bond acceptors (Lipinski definition) is 7. The number of anilines is 1. The van der Waals surface area contributed by atoms with Gasteiger partial charge < -0.3 is 0 Å². The van der Waals surface area contributed by atoms with E-state index in [2.05, 4.69) is 10.3 Å². The van der Waals surface area contributed by atoms with Crippen LogP contribution in [0.2, 0.25) is 0 Å². The number of amides is 1. The molecule has 0 atom stereocenters. The lowest BCUT2D eigenvalue weighted by Crippen LogP contribution is -2.26. The molecule has 11 heteroatoms. The molecule has 0 unspecified atom stereocenters. The summed E-state index contributed by atoms with van der Waals surface area (Å²) in [5, 5.41) is 13.9. The van der Waals surface area contributed by atoms with Gasteiger partial charge in [0.25, 0.3) is 11.6 Å². The van der Waals surface area contributed by atoms with E-state index in [-0.39, 0.29) is 27.8 Å². The van der Waals surface area contributed by atoms with Gasteiger partial charge in [0.1, 0.15) is 0 Å². The molecule has 0 saturated heterocycles. The lowest BCUT2D eigenvalue weighted by atomic mass is 10.2. The molecule has 4 aromatic rings. The number of sulfonamides is 1. The molecule has 0 aliphatic carbocycles. The molecule has 0 aliphatic rings. The smallest absolute Gasteiger partial charge is 0.270 e. The Labute approximate surface area is 193 Å². The number of aromatic nitrogens is 1. The predicted octanol–water partition coefficient (Wildman–Crippen LogP) is 4.28. The van der Waals surface area contributed by atoms with Gasteiger partial charge in [0.05, 0.1) is 20.0 Å². The van der Waals surface area contributed by atoms with Crippen LogP contribution < -0.4 is 5.32 Å². The van der Waals surface area contributed by atoms with E-state index in [4.69, 9.17) is 0 Å². The van der Waals surface area contributed by atoms with Crippen molar-refractivity contribution in [2.45, 2.75) is 11.4 Å². The maximum absolute atomic E-state index is 12.9. The molecular formula is C22H18N4O5S2. The van der Waals surface area contributed by atoms with Crippen molar-refractivity contribution < 1.29 is 18.1 Å². The molecule has 1 heterocycles. The van der Waals surface area contributed by atoms with E-state index in [1.165, 1.54) is 53.8 Å². The molecule has 0 saturated carbocycles. The number of thiazole rings is 1. The average Bonchev–Trinajstić information content (AvgIpc) is 3.21. The maximum atomic E-state index is 12.9. The Morgan fingerprint density at radius 3 is 2.45 bits per heavy atom. The first-order valence-electron chi connectivity index (χ1n) is 9.71. The summed E-state index contributed by atoms with van der Waals surface area (Å²) in [5.41, 5.74) is 1.59.